The Hall–Kier alpha value is -2.05. The van der Waals surface area contributed by atoms with E-state index in [-0.39, 0.29) is 40.1 Å². The van der Waals surface area contributed by atoms with Gasteiger partial charge in [0.25, 0.3) is 0 Å². The van der Waals surface area contributed by atoms with Crippen molar-refractivity contribution >= 4 is 28.0 Å². The standard InChI is InChI=1S/C14H13NO4S.ClH/c15-13(12-7-6-10(16)8-14(12)17)9-20(18,19)11-4-2-1-3-5-11;/h1-8,15-17H,9H2;1H. The minimum Gasteiger partial charge on any atom is -0.508 e. The summed E-state index contributed by atoms with van der Waals surface area (Å²) in [7, 11) is -3.63. The monoisotopic (exact) mass is 327 g/mol. The molecule has 112 valence electrons. The molecule has 0 aliphatic rings. The summed E-state index contributed by atoms with van der Waals surface area (Å²) in [6, 6.07) is 11.5. The van der Waals surface area contributed by atoms with Crippen molar-refractivity contribution in [3.8, 4) is 11.5 Å². The van der Waals surface area contributed by atoms with Crippen LogP contribution in [0.15, 0.2) is 53.4 Å². The largest absolute Gasteiger partial charge is 0.508 e. The van der Waals surface area contributed by atoms with Crippen molar-refractivity contribution in [1.82, 2.24) is 0 Å². The van der Waals surface area contributed by atoms with Crippen molar-refractivity contribution in [2.75, 3.05) is 5.75 Å². The van der Waals surface area contributed by atoms with Crippen LogP contribution in [0.2, 0.25) is 0 Å². The van der Waals surface area contributed by atoms with Crippen LogP contribution in [0.25, 0.3) is 0 Å². The van der Waals surface area contributed by atoms with Gasteiger partial charge in [0.15, 0.2) is 9.84 Å². The predicted molar refractivity (Wildman–Crippen MR) is 82.3 cm³/mol. The molecule has 0 heterocycles. The summed E-state index contributed by atoms with van der Waals surface area (Å²) in [6.07, 6.45) is 0. The molecule has 2 aromatic carbocycles. The fourth-order valence-corrected chi connectivity index (χ4v) is 3.03. The maximum Gasteiger partial charge on any atom is 0.184 e. The molecule has 0 unspecified atom stereocenters. The third-order valence-corrected chi connectivity index (χ3v) is 4.40. The molecule has 21 heavy (non-hydrogen) atoms. The lowest BCUT2D eigenvalue weighted by molar-refractivity contribution is 0.450. The van der Waals surface area contributed by atoms with Gasteiger partial charge in [-0.3, -0.25) is 0 Å². The second-order valence-corrected chi connectivity index (χ2v) is 6.24. The average molecular weight is 328 g/mol. The summed E-state index contributed by atoms with van der Waals surface area (Å²) >= 11 is 0. The molecule has 2 aromatic rings. The molecule has 0 saturated carbocycles. The number of hydrogen-bond acceptors (Lipinski definition) is 5. The lowest BCUT2D eigenvalue weighted by Crippen LogP contribution is -2.16. The zero-order valence-electron chi connectivity index (χ0n) is 10.9. The van der Waals surface area contributed by atoms with E-state index in [1.165, 1.54) is 24.3 Å². The van der Waals surface area contributed by atoms with Crippen LogP contribution in [0, 0.1) is 5.41 Å². The van der Waals surface area contributed by atoms with Crippen LogP contribution in [0.4, 0.5) is 0 Å². The van der Waals surface area contributed by atoms with E-state index in [9.17, 15) is 18.6 Å². The molecule has 0 spiro atoms. The van der Waals surface area contributed by atoms with Gasteiger partial charge in [-0.1, -0.05) is 18.2 Å². The molecule has 3 N–H and O–H groups in total. The number of hydrogen-bond donors (Lipinski definition) is 3. The van der Waals surface area contributed by atoms with Gasteiger partial charge in [-0.2, -0.15) is 0 Å². The SMILES string of the molecule is Cl.N=C(CS(=O)(=O)c1ccccc1)c1ccc(O)cc1O. The Morgan fingerprint density at radius 1 is 1.05 bits per heavy atom. The molecule has 0 bridgehead atoms. The molecule has 7 heteroatoms. The normalized spacial score (nSPS) is 10.7. The molecule has 0 amide bonds. The van der Waals surface area contributed by atoms with Gasteiger partial charge < -0.3 is 15.6 Å². The maximum atomic E-state index is 12.1. The number of nitrogens with one attached hydrogen (secondary N) is 1. The van der Waals surface area contributed by atoms with E-state index in [1.807, 2.05) is 0 Å². The topological polar surface area (TPSA) is 98.5 Å². The quantitative estimate of drug-likeness (QED) is 0.751. The first-order chi connectivity index (χ1) is 9.40. The molecule has 0 aliphatic heterocycles. The Bertz CT molecular complexity index is 745. The Balaban J connectivity index is 0.00000220. The Kier molecular flexibility index (Phi) is 5.34. The number of benzene rings is 2. The lowest BCUT2D eigenvalue weighted by atomic mass is 10.1. The van der Waals surface area contributed by atoms with Gasteiger partial charge in [0.05, 0.1) is 16.4 Å². The maximum absolute atomic E-state index is 12.1. The van der Waals surface area contributed by atoms with Crippen LogP contribution >= 0.6 is 12.4 Å². The van der Waals surface area contributed by atoms with Crippen molar-refractivity contribution in [1.29, 1.82) is 5.41 Å². The zero-order valence-corrected chi connectivity index (χ0v) is 12.5. The van der Waals surface area contributed by atoms with Gasteiger partial charge in [-0.15, -0.1) is 12.4 Å². The highest BCUT2D eigenvalue weighted by Crippen LogP contribution is 2.24. The van der Waals surface area contributed by atoms with Crippen LogP contribution in [0.3, 0.4) is 0 Å². The van der Waals surface area contributed by atoms with E-state index in [4.69, 9.17) is 5.41 Å². The second kappa shape index (κ2) is 6.60. The van der Waals surface area contributed by atoms with Crippen molar-refractivity contribution in [2.45, 2.75) is 4.90 Å². The van der Waals surface area contributed by atoms with Gasteiger partial charge in [-0.25, -0.2) is 8.42 Å². The van der Waals surface area contributed by atoms with E-state index >= 15 is 0 Å². The summed E-state index contributed by atoms with van der Waals surface area (Å²) in [6.45, 7) is 0. The molecule has 0 saturated heterocycles. The van der Waals surface area contributed by atoms with E-state index in [2.05, 4.69) is 0 Å². The summed E-state index contributed by atoms with van der Waals surface area (Å²) in [5.41, 5.74) is -0.145. The van der Waals surface area contributed by atoms with E-state index in [0.29, 0.717) is 0 Å². The zero-order chi connectivity index (χ0) is 14.8. The van der Waals surface area contributed by atoms with E-state index in [0.717, 1.165) is 6.07 Å². The van der Waals surface area contributed by atoms with Crippen molar-refractivity contribution in [3.05, 3.63) is 54.1 Å². The fraction of sp³-hybridized carbons (Fsp3) is 0.0714. The summed E-state index contributed by atoms with van der Waals surface area (Å²) < 4.78 is 24.2. The summed E-state index contributed by atoms with van der Waals surface area (Å²) in [5.74, 6) is -0.988. The Morgan fingerprint density at radius 3 is 2.24 bits per heavy atom. The van der Waals surface area contributed by atoms with Crippen LogP contribution in [0.5, 0.6) is 11.5 Å². The molecule has 0 aromatic heterocycles. The van der Waals surface area contributed by atoms with Crippen molar-refractivity contribution < 1.29 is 18.6 Å². The van der Waals surface area contributed by atoms with Gasteiger partial charge in [0, 0.05) is 11.6 Å². The number of rotatable bonds is 4. The first-order valence-corrected chi connectivity index (χ1v) is 7.43. The van der Waals surface area contributed by atoms with Crippen molar-refractivity contribution in [2.24, 2.45) is 0 Å². The summed E-state index contributed by atoms with van der Waals surface area (Å²) in [4.78, 5) is 0.128. The third kappa shape index (κ3) is 3.96. The molecular formula is C14H14ClNO4S. The molecule has 0 fully saturated rings. The van der Waals surface area contributed by atoms with E-state index < -0.39 is 15.6 Å². The highest BCUT2D eigenvalue weighted by Gasteiger charge is 2.19. The number of aromatic hydroxyl groups is 2. The van der Waals surface area contributed by atoms with Crippen LogP contribution < -0.4 is 0 Å². The third-order valence-electron chi connectivity index (χ3n) is 2.74. The van der Waals surface area contributed by atoms with Gasteiger partial charge in [0.1, 0.15) is 11.5 Å². The van der Waals surface area contributed by atoms with E-state index in [1.54, 1.807) is 18.2 Å². The molecule has 0 radical (unpaired) electrons. The molecule has 2 rings (SSSR count). The highest BCUT2D eigenvalue weighted by atomic mass is 35.5. The smallest absolute Gasteiger partial charge is 0.184 e. The highest BCUT2D eigenvalue weighted by molar-refractivity contribution is 7.92. The minimum absolute atomic E-state index is 0. The Morgan fingerprint density at radius 2 is 1.67 bits per heavy atom. The van der Waals surface area contributed by atoms with Crippen LogP contribution in [0.1, 0.15) is 5.56 Å². The lowest BCUT2D eigenvalue weighted by Gasteiger charge is -2.08. The molecule has 0 atom stereocenters. The van der Waals surface area contributed by atoms with Gasteiger partial charge in [0.2, 0.25) is 0 Å². The molecular weight excluding hydrogens is 314 g/mol. The Labute approximate surface area is 128 Å². The number of phenolic OH excluding ortho intramolecular Hbond substituents is 2. The van der Waals surface area contributed by atoms with Crippen molar-refractivity contribution in [3.63, 3.8) is 0 Å². The first-order valence-electron chi connectivity index (χ1n) is 5.78. The molecule has 5 nitrogen and oxygen atoms in total. The average Bonchev–Trinajstić information content (AvgIpc) is 2.39. The first kappa shape index (κ1) is 17.0. The summed E-state index contributed by atoms with van der Waals surface area (Å²) in [5, 5.41) is 26.6. The van der Waals surface area contributed by atoms with Gasteiger partial charge >= 0.3 is 0 Å². The number of sulfone groups is 1. The second-order valence-electron chi connectivity index (χ2n) is 4.25. The molecule has 0 aliphatic carbocycles. The number of phenols is 2. The van der Waals surface area contributed by atoms with Crippen LogP contribution in [-0.4, -0.2) is 30.1 Å². The minimum atomic E-state index is -3.63. The number of halogens is 1. The van der Waals surface area contributed by atoms with Gasteiger partial charge in [-0.05, 0) is 24.3 Å². The fourth-order valence-electron chi connectivity index (χ4n) is 1.75. The van der Waals surface area contributed by atoms with Crippen LogP contribution in [-0.2, 0) is 9.84 Å². The predicted octanol–water partition coefficient (Wildman–Crippen LogP) is 2.36.